The lowest BCUT2D eigenvalue weighted by Crippen LogP contribution is -2.47. The summed E-state index contributed by atoms with van der Waals surface area (Å²) in [6.07, 6.45) is 3.11. The van der Waals surface area contributed by atoms with Crippen LogP contribution in [-0.2, 0) is 21.2 Å². The summed E-state index contributed by atoms with van der Waals surface area (Å²) in [6, 6.07) is 15.1. The summed E-state index contributed by atoms with van der Waals surface area (Å²) in [4.78, 5) is 13.1. The lowest BCUT2D eigenvalue weighted by molar-refractivity contribution is -0.126. The van der Waals surface area contributed by atoms with Crippen LogP contribution in [0.2, 0.25) is 0 Å². The van der Waals surface area contributed by atoms with Gasteiger partial charge in [0.2, 0.25) is 15.9 Å². The largest absolute Gasteiger partial charge is 0.496 e. The molecular weight excluding hydrogens is 412 g/mol. The topological polar surface area (TPSA) is 75.7 Å². The van der Waals surface area contributed by atoms with Crippen LogP contribution in [0.5, 0.6) is 5.75 Å². The molecule has 1 heterocycles. The Morgan fingerprint density at radius 3 is 2.65 bits per heavy atom. The molecule has 0 spiro atoms. The number of aryl methyl sites for hydroxylation is 2. The van der Waals surface area contributed by atoms with Crippen molar-refractivity contribution in [3.63, 3.8) is 0 Å². The minimum atomic E-state index is -3.65. The van der Waals surface area contributed by atoms with Crippen LogP contribution in [0.25, 0.3) is 0 Å². The third kappa shape index (κ3) is 5.86. The summed E-state index contributed by atoms with van der Waals surface area (Å²) in [5, 5.41) is 3.08. The lowest BCUT2D eigenvalue weighted by atomic mass is 9.98. The summed E-state index contributed by atoms with van der Waals surface area (Å²) in [7, 11) is -2.09. The number of nitrogens with one attached hydrogen (secondary N) is 1. The van der Waals surface area contributed by atoms with Crippen LogP contribution in [0, 0.1) is 12.8 Å². The highest BCUT2D eigenvalue weighted by atomic mass is 32.2. The van der Waals surface area contributed by atoms with Gasteiger partial charge in [0.15, 0.2) is 0 Å². The van der Waals surface area contributed by atoms with Crippen molar-refractivity contribution in [2.75, 3.05) is 20.2 Å². The minimum absolute atomic E-state index is 0.0314. The number of nitrogens with zero attached hydrogens (tertiary/aromatic N) is 1. The van der Waals surface area contributed by atoms with Gasteiger partial charge in [-0.2, -0.15) is 4.31 Å². The number of benzene rings is 2. The van der Waals surface area contributed by atoms with Crippen molar-refractivity contribution in [2.24, 2.45) is 5.92 Å². The Bertz CT molecular complexity index is 992. The van der Waals surface area contributed by atoms with Gasteiger partial charge in [0, 0.05) is 19.1 Å². The highest BCUT2D eigenvalue weighted by Gasteiger charge is 2.33. The van der Waals surface area contributed by atoms with Gasteiger partial charge in [-0.25, -0.2) is 8.42 Å². The van der Waals surface area contributed by atoms with E-state index in [9.17, 15) is 13.2 Å². The van der Waals surface area contributed by atoms with Gasteiger partial charge in [0.25, 0.3) is 0 Å². The van der Waals surface area contributed by atoms with Crippen molar-refractivity contribution in [1.29, 1.82) is 0 Å². The molecule has 1 fully saturated rings. The van der Waals surface area contributed by atoms with Crippen molar-refractivity contribution >= 4 is 15.9 Å². The molecule has 0 radical (unpaired) electrons. The molecular formula is C24H32N2O4S. The first-order chi connectivity index (χ1) is 14.8. The molecule has 7 heteroatoms. The second-order valence-corrected chi connectivity index (χ2v) is 10.2. The van der Waals surface area contributed by atoms with Gasteiger partial charge >= 0.3 is 0 Å². The molecule has 1 N–H and O–H groups in total. The zero-order chi connectivity index (χ0) is 22.4. The molecule has 1 saturated heterocycles. The first-order valence-corrected chi connectivity index (χ1v) is 12.2. The van der Waals surface area contributed by atoms with Crippen molar-refractivity contribution < 1.29 is 17.9 Å². The molecule has 1 aliphatic rings. The molecule has 3 rings (SSSR count). The molecule has 2 atom stereocenters. The third-order valence-electron chi connectivity index (χ3n) is 5.86. The van der Waals surface area contributed by atoms with Gasteiger partial charge in [0.05, 0.1) is 17.9 Å². The molecule has 168 valence electrons. The van der Waals surface area contributed by atoms with Gasteiger partial charge in [-0.1, -0.05) is 30.3 Å². The molecule has 0 unspecified atom stereocenters. The first-order valence-electron chi connectivity index (χ1n) is 10.8. The van der Waals surface area contributed by atoms with Gasteiger partial charge in [0.1, 0.15) is 5.75 Å². The van der Waals surface area contributed by atoms with Crippen LogP contribution in [0.4, 0.5) is 0 Å². The highest BCUT2D eigenvalue weighted by molar-refractivity contribution is 7.89. The zero-order valence-corrected chi connectivity index (χ0v) is 19.3. The number of carbonyl (C=O) groups excluding carboxylic acids is 1. The number of rotatable bonds is 8. The van der Waals surface area contributed by atoms with Crippen molar-refractivity contribution in [2.45, 2.75) is 50.5 Å². The maximum absolute atomic E-state index is 13.1. The fourth-order valence-corrected chi connectivity index (χ4v) is 5.61. The molecule has 31 heavy (non-hydrogen) atoms. The van der Waals surface area contributed by atoms with E-state index in [2.05, 4.69) is 17.4 Å². The van der Waals surface area contributed by atoms with Crippen LogP contribution in [0.1, 0.15) is 37.3 Å². The summed E-state index contributed by atoms with van der Waals surface area (Å²) in [5.41, 5.74) is 2.01. The number of hydrogen-bond acceptors (Lipinski definition) is 4. The zero-order valence-electron chi connectivity index (χ0n) is 18.5. The van der Waals surface area contributed by atoms with E-state index in [1.807, 2.05) is 32.0 Å². The van der Waals surface area contributed by atoms with Gasteiger partial charge in [-0.05, 0) is 68.9 Å². The van der Waals surface area contributed by atoms with Gasteiger partial charge in [-0.3, -0.25) is 4.79 Å². The fourth-order valence-electron chi connectivity index (χ4n) is 4.00. The van der Waals surface area contributed by atoms with E-state index >= 15 is 0 Å². The molecule has 0 bridgehead atoms. The molecule has 6 nitrogen and oxygen atoms in total. The second-order valence-electron chi connectivity index (χ2n) is 8.27. The molecule has 0 saturated carbocycles. The second kappa shape index (κ2) is 10.3. The Morgan fingerprint density at radius 1 is 1.23 bits per heavy atom. The minimum Gasteiger partial charge on any atom is -0.496 e. The lowest BCUT2D eigenvalue weighted by Gasteiger charge is -2.32. The number of carbonyl (C=O) groups is 1. The monoisotopic (exact) mass is 444 g/mol. The van der Waals surface area contributed by atoms with Crippen molar-refractivity contribution in [1.82, 2.24) is 9.62 Å². The number of piperidine rings is 1. The Balaban J connectivity index is 1.60. The van der Waals surface area contributed by atoms with Gasteiger partial charge in [-0.15, -0.1) is 0 Å². The van der Waals surface area contributed by atoms with E-state index in [1.165, 1.54) is 9.87 Å². The van der Waals surface area contributed by atoms with Crippen LogP contribution < -0.4 is 10.1 Å². The third-order valence-corrected chi connectivity index (χ3v) is 7.72. The predicted molar refractivity (Wildman–Crippen MR) is 122 cm³/mol. The van der Waals surface area contributed by atoms with E-state index in [-0.39, 0.29) is 29.3 Å². The maximum atomic E-state index is 13.1. The van der Waals surface area contributed by atoms with Gasteiger partial charge < -0.3 is 10.1 Å². The standard InChI is InChI=1S/C24H32N2O4S/c1-18-16-22(13-14-23(18)30-3)31(28,29)26-15-7-10-21(17-26)24(27)25-19(2)11-12-20-8-5-4-6-9-20/h4-6,8-9,13-14,16,19,21H,7,10-12,15,17H2,1-3H3,(H,25,27)/t19-,21+/m0/s1. The number of hydrogen-bond donors (Lipinski definition) is 1. The Morgan fingerprint density at radius 2 is 1.97 bits per heavy atom. The molecule has 0 aromatic heterocycles. The van der Waals surface area contributed by atoms with Crippen LogP contribution in [-0.4, -0.2) is 44.9 Å². The summed E-state index contributed by atoms with van der Waals surface area (Å²) < 4.78 is 33.0. The smallest absolute Gasteiger partial charge is 0.243 e. The Labute approximate surface area is 185 Å². The van der Waals surface area contributed by atoms with Crippen molar-refractivity contribution in [3.8, 4) is 5.75 Å². The summed E-state index contributed by atoms with van der Waals surface area (Å²) >= 11 is 0. The number of amides is 1. The quantitative estimate of drug-likeness (QED) is 0.676. The number of ether oxygens (including phenoxy) is 1. The number of sulfonamides is 1. The van der Waals surface area contributed by atoms with E-state index < -0.39 is 10.0 Å². The van der Waals surface area contributed by atoms with Crippen LogP contribution in [0.15, 0.2) is 53.4 Å². The van der Waals surface area contributed by atoms with Crippen LogP contribution in [0.3, 0.4) is 0 Å². The predicted octanol–water partition coefficient (Wildman–Crippen LogP) is 3.54. The average Bonchev–Trinajstić information content (AvgIpc) is 2.78. The molecule has 2 aromatic rings. The first kappa shape index (κ1) is 23.3. The Kier molecular flexibility index (Phi) is 7.73. The SMILES string of the molecule is COc1ccc(S(=O)(=O)N2CCC[C@@H](C(=O)N[C@@H](C)CCc3ccccc3)C2)cc1C. The molecule has 2 aromatic carbocycles. The van der Waals surface area contributed by atoms with E-state index in [0.29, 0.717) is 25.1 Å². The summed E-state index contributed by atoms with van der Waals surface area (Å²) in [6.45, 7) is 4.46. The normalized spacial score (nSPS) is 18.4. The summed E-state index contributed by atoms with van der Waals surface area (Å²) in [5.74, 6) is 0.257. The Hall–Kier alpha value is -2.38. The van der Waals surface area contributed by atoms with Crippen LogP contribution >= 0.6 is 0 Å². The molecule has 1 amide bonds. The fraction of sp³-hybridized carbons (Fsp3) is 0.458. The van der Waals surface area contributed by atoms with E-state index in [0.717, 1.165) is 18.4 Å². The van der Waals surface area contributed by atoms with E-state index in [4.69, 9.17) is 4.74 Å². The average molecular weight is 445 g/mol. The number of methoxy groups -OCH3 is 1. The molecule has 1 aliphatic heterocycles. The van der Waals surface area contributed by atoms with Crippen molar-refractivity contribution in [3.05, 3.63) is 59.7 Å². The maximum Gasteiger partial charge on any atom is 0.243 e. The molecule has 0 aliphatic carbocycles. The van der Waals surface area contributed by atoms with E-state index in [1.54, 1.807) is 25.3 Å². The highest BCUT2D eigenvalue weighted by Crippen LogP contribution is 2.27.